The fraction of sp³-hybridized carbons (Fsp3) is 0.353. The fourth-order valence-electron chi connectivity index (χ4n) is 2.40. The fourth-order valence-corrected chi connectivity index (χ4v) is 2.40. The molecule has 5 nitrogen and oxygen atoms in total. The first-order valence-electron chi connectivity index (χ1n) is 7.53. The Kier molecular flexibility index (Phi) is 3.75. The van der Waals surface area contributed by atoms with Crippen LogP contribution in [0.25, 0.3) is 5.65 Å². The normalized spacial score (nSPS) is 11.9. The van der Waals surface area contributed by atoms with Gasteiger partial charge in [0.15, 0.2) is 11.5 Å². The molecule has 3 aromatic rings. The molecule has 120 valence electrons. The van der Waals surface area contributed by atoms with E-state index in [0.29, 0.717) is 6.54 Å². The molecule has 0 bridgehead atoms. The standard InChI is InChI=1S/C17H20FN5/c1-17(2,3)16-20-19-14-9-10-15(21-23(14)16)22(4)11-12-5-7-13(18)8-6-12/h5-10H,11H2,1-4H3. The molecule has 0 spiro atoms. The number of hydrogen-bond acceptors (Lipinski definition) is 4. The second-order valence-corrected chi connectivity index (χ2v) is 6.72. The smallest absolute Gasteiger partial charge is 0.178 e. The number of fused-ring (bicyclic) bond motifs is 1. The molecular formula is C17H20FN5. The molecule has 0 N–H and O–H groups in total. The predicted molar refractivity (Wildman–Crippen MR) is 88.0 cm³/mol. The lowest BCUT2D eigenvalue weighted by Crippen LogP contribution is -2.21. The molecule has 0 amide bonds. The topological polar surface area (TPSA) is 46.3 Å². The minimum Gasteiger partial charge on any atom is -0.354 e. The van der Waals surface area contributed by atoms with Crippen molar-refractivity contribution in [3.63, 3.8) is 0 Å². The Bertz CT molecular complexity index is 817. The Morgan fingerprint density at radius 2 is 1.74 bits per heavy atom. The Morgan fingerprint density at radius 3 is 2.39 bits per heavy atom. The van der Waals surface area contributed by atoms with Gasteiger partial charge in [-0.1, -0.05) is 32.9 Å². The quantitative estimate of drug-likeness (QED) is 0.745. The van der Waals surface area contributed by atoms with Gasteiger partial charge in [0.1, 0.15) is 11.6 Å². The van der Waals surface area contributed by atoms with Crippen molar-refractivity contribution in [3.8, 4) is 0 Å². The van der Waals surface area contributed by atoms with E-state index in [1.807, 2.05) is 24.1 Å². The number of aromatic nitrogens is 4. The van der Waals surface area contributed by atoms with Gasteiger partial charge in [-0.3, -0.25) is 0 Å². The van der Waals surface area contributed by atoms with Crippen molar-refractivity contribution in [2.75, 3.05) is 11.9 Å². The van der Waals surface area contributed by atoms with Crippen LogP contribution in [0, 0.1) is 5.82 Å². The summed E-state index contributed by atoms with van der Waals surface area (Å²) >= 11 is 0. The molecular weight excluding hydrogens is 293 g/mol. The van der Waals surface area contributed by atoms with E-state index in [-0.39, 0.29) is 11.2 Å². The third-order valence-corrected chi connectivity index (χ3v) is 3.64. The number of hydrogen-bond donors (Lipinski definition) is 0. The summed E-state index contributed by atoms with van der Waals surface area (Å²) in [7, 11) is 1.96. The molecule has 3 rings (SSSR count). The van der Waals surface area contributed by atoms with Crippen LogP contribution in [0.1, 0.15) is 32.2 Å². The van der Waals surface area contributed by atoms with Crippen molar-refractivity contribution in [2.45, 2.75) is 32.7 Å². The zero-order valence-electron chi connectivity index (χ0n) is 13.8. The van der Waals surface area contributed by atoms with E-state index in [2.05, 4.69) is 36.1 Å². The van der Waals surface area contributed by atoms with E-state index in [1.165, 1.54) is 12.1 Å². The molecule has 0 fully saturated rings. The largest absolute Gasteiger partial charge is 0.354 e. The van der Waals surface area contributed by atoms with Crippen molar-refractivity contribution < 1.29 is 4.39 Å². The van der Waals surface area contributed by atoms with Gasteiger partial charge in [0, 0.05) is 19.0 Å². The Morgan fingerprint density at radius 1 is 1.04 bits per heavy atom. The first-order chi connectivity index (χ1) is 10.8. The zero-order valence-corrected chi connectivity index (χ0v) is 13.8. The van der Waals surface area contributed by atoms with Crippen LogP contribution in [0.2, 0.25) is 0 Å². The molecule has 0 radical (unpaired) electrons. The van der Waals surface area contributed by atoms with Crippen LogP contribution in [0.3, 0.4) is 0 Å². The van der Waals surface area contributed by atoms with Crippen LogP contribution in [0.15, 0.2) is 36.4 Å². The second-order valence-electron chi connectivity index (χ2n) is 6.72. The summed E-state index contributed by atoms with van der Waals surface area (Å²) in [5.74, 6) is 1.41. The molecule has 0 saturated carbocycles. The molecule has 2 heterocycles. The molecule has 0 unspecified atom stereocenters. The maximum Gasteiger partial charge on any atom is 0.178 e. The molecule has 2 aromatic heterocycles. The summed E-state index contributed by atoms with van der Waals surface area (Å²) < 4.78 is 14.8. The van der Waals surface area contributed by atoms with Gasteiger partial charge in [-0.05, 0) is 29.8 Å². The summed E-state index contributed by atoms with van der Waals surface area (Å²) in [5, 5.41) is 13.1. The highest BCUT2D eigenvalue weighted by molar-refractivity contribution is 5.46. The van der Waals surface area contributed by atoms with Gasteiger partial charge in [0.25, 0.3) is 0 Å². The zero-order chi connectivity index (χ0) is 16.6. The lowest BCUT2D eigenvalue weighted by Gasteiger charge is -2.19. The number of anilines is 1. The average Bonchev–Trinajstić information content (AvgIpc) is 2.92. The van der Waals surface area contributed by atoms with Crippen molar-refractivity contribution >= 4 is 11.5 Å². The first-order valence-corrected chi connectivity index (χ1v) is 7.53. The number of nitrogens with zero attached hydrogens (tertiary/aromatic N) is 5. The second kappa shape index (κ2) is 5.61. The number of halogens is 1. The lowest BCUT2D eigenvalue weighted by atomic mass is 9.96. The molecule has 0 atom stereocenters. The number of benzene rings is 1. The molecule has 0 saturated heterocycles. The van der Waals surface area contributed by atoms with E-state index in [4.69, 9.17) is 0 Å². The molecule has 1 aromatic carbocycles. The van der Waals surface area contributed by atoms with Crippen LogP contribution >= 0.6 is 0 Å². The van der Waals surface area contributed by atoms with E-state index in [1.54, 1.807) is 16.6 Å². The Balaban J connectivity index is 1.91. The maximum atomic E-state index is 13.0. The predicted octanol–water partition coefficient (Wildman–Crippen LogP) is 3.20. The van der Waals surface area contributed by atoms with Crippen molar-refractivity contribution in [1.29, 1.82) is 0 Å². The average molecular weight is 313 g/mol. The summed E-state index contributed by atoms with van der Waals surface area (Å²) in [6.45, 7) is 6.89. The van der Waals surface area contributed by atoms with Crippen LogP contribution in [0.5, 0.6) is 0 Å². The van der Waals surface area contributed by atoms with Gasteiger partial charge in [-0.15, -0.1) is 15.3 Å². The van der Waals surface area contributed by atoms with Crippen molar-refractivity contribution in [2.24, 2.45) is 0 Å². The summed E-state index contributed by atoms with van der Waals surface area (Å²) in [6.07, 6.45) is 0. The first kappa shape index (κ1) is 15.4. The Hall–Kier alpha value is -2.50. The highest BCUT2D eigenvalue weighted by Gasteiger charge is 2.22. The molecule has 0 aliphatic carbocycles. The van der Waals surface area contributed by atoms with Crippen LogP contribution in [-0.2, 0) is 12.0 Å². The van der Waals surface area contributed by atoms with Crippen LogP contribution in [0.4, 0.5) is 10.2 Å². The highest BCUT2D eigenvalue weighted by atomic mass is 19.1. The van der Waals surface area contributed by atoms with Crippen molar-refractivity contribution in [3.05, 3.63) is 53.6 Å². The summed E-state index contributed by atoms with van der Waals surface area (Å²) in [5.41, 5.74) is 1.62. The number of rotatable bonds is 3. The molecule has 6 heteroatoms. The van der Waals surface area contributed by atoms with Gasteiger partial charge in [-0.25, -0.2) is 4.39 Å². The van der Waals surface area contributed by atoms with Crippen LogP contribution in [-0.4, -0.2) is 26.9 Å². The minimum atomic E-state index is -0.227. The third kappa shape index (κ3) is 3.16. The van der Waals surface area contributed by atoms with Crippen LogP contribution < -0.4 is 4.90 Å². The minimum absolute atomic E-state index is 0.138. The summed E-state index contributed by atoms with van der Waals surface area (Å²) in [6, 6.07) is 10.3. The molecule has 0 aliphatic rings. The van der Waals surface area contributed by atoms with Gasteiger partial charge < -0.3 is 4.90 Å². The van der Waals surface area contributed by atoms with Gasteiger partial charge in [0.05, 0.1) is 0 Å². The molecule has 23 heavy (non-hydrogen) atoms. The maximum absolute atomic E-state index is 13.0. The lowest BCUT2D eigenvalue weighted by molar-refractivity contribution is 0.526. The Labute approximate surface area is 134 Å². The van der Waals surface area contributed by atoms with E-state index in [9.17, 15) is 4.39 Å². The highest BCUT2D eigenvalue weighted by Crippen LogP contribution is 2.21. The summed E-state index contributed by atoms with van der Waals surface area (Å²) in [4.78, 5) is 2.01. The van der Waals surface area contributed by atoms with E-state index >= 15 is 0 Å². The monoisotopic (exact) mass is 313 g/mol. The van der Waals surface area contributed by atoms with Gasteiger partial charge in [0.2, 0.25) is 0 Å². The van der Waals surface area contributed by atoms with Gasteiger partial charge >= 0.3 is 0 Å². The van der Waals surface area contributed by atoms with Crippen molar-refractivity contribution in [1.82, 2.24) is 19.8 Å². The molecule has 0 aliphatic heterocycles. The van der Waals surface area contributed by atoms with E-state index < -0.39 is 0 Å². The SMILES string of the molecule is CN(Cc1ccc(F)cc1)c1ccc2nnc(C(C)(C)C)n2n1. The van der Waals surface area contributed by atoms with Gasteiger partial charge in [-0.2, -0.15) is 4.52 Å². The third-order valence-electron chi connectivity index (χ3n) is 3.64. The van der Waals surface area contributed by atoms with E-state index in [0.717, 1.165) is 22.9 Å².